The van der Waals surface area contributed by atoms with Crippen molar-refractivity contribution >= 4 is 5.84 Å². The van der Waals surface area contributed by atoms with Crippen molar-refractivity contribution in [2.45, 2.75) is 6.61 Å². The Morgan fingerprint density at radius 2 is 2.16 bits per heavy atom. The number of tetrazole rings is 1. The lowest BCUT2D eigenvalue weighted by molar-refractivity contribution is 0.303. The van der Waals surface area contributed by atoms with Crippen LogP contribution in [0.15, 0.2) is 53.9 Å². The van der Waals surface area contributed by atoms with Gasteiger partial charge in [0.15, 0.2) is 5.84 Å². The van der Waals surface area contributed by atoms with Gasteiger partial charge in [-0.2, -0.15) is 4.68 Å². The molecule has 3 N–H and O–H groups in total. The molecule has 2 aromatic carbocycles. The topological polar surface area (TPSA) is 121 Å². The number of hydrogen-bond acceptors (Lipinski definition) is 7. The van der Waals surface area contributed by atoms with Crippen LogP contribution in [0.4, 0.5) is 0 Å². The average Bonchev–Trinajstić information content (AvgIpc) is 3.20. The normalized spacial score (nSPS) is 11.3. The fourth-order valence-corrected chi connectivity index (χ4v) is 2.23. The van der Waals surface area contributed by atoms with E-state index in [9.17, 15) is 0 Å². The maximum atomic E-state index is 8.85. The van der Waals surface area contributed by atoms with E-state index in [1.165, 1.54) is 11.0 Å². The molecule has 0 radical (unpaired) electrons. The lowest BCUT2D eigenvalue weighted by Gasteiger charge is -2.13. The number of rotatable bonds is 6. The molecule has 0 aliphatic rings. The van der Waals surface area contributed by atoms with Gasteiger partial charge in [-0.1, -0.05) is 17.3 Å². The lowest BCUT2D eigenvalue weighted by atomic mass is 10.1. The van der Waals surface area contributed by atoms with Crippen LogP contribution in [0.25, 0.3) is 5.69 Å². The Morgan fingerprint density at radius 3 is 2.88 bits per heavy atom. The van der Waals surface area contributed by atoms with Gasteiger partial charge < -0.3 is 20.4 Å². The third kappa shape index (κ3) is 3.66. The van der Waals surface area contributed by atoms with Gasteiger partial charge >= 0.3 is 0 Å². The maximum absolute atomic E-state index is 8.85. The summed E-state index contributed by atoms with van der Waals surface area (Å²) >= 11 is 0. The van der Waals surface area contributed by atoms with Crippen molar-refractivity contribution in [2.24, 2.45) is 10.9 Å². The molecule has 0 spiro atoms. The van der Waals surface area contributed by atoms with Crippen LogP contribution in [0.2, 0.25) is 0 Å². The summed E-state index contributed by atoms with van der Waals surface area (Å²) in [6, 6.07) is 12.6. The smallest absolute Gasteiger partial charge is 0.170 e. The SMILES string of the molecule is COc1cccc(COc2ccc(C(N)=NO)cc2-n2cnnn2)c1. The summed E-state index contributed by atoms with van der Waals surface area (Å²) in [6.45, 7) is 0.329. The first-order valence-electron chi connectivity index (χ1n) is 7.32. The van der Waals surface area contributed by atoms with Gasteiger partial charge in [-0.3, -0.25) is 0 Å². The second-order valence-corrected chi connectivity index (χ2v) is 5.06. The van der Waals surface area contributed by atoms with Crippen LogP contribution in [-0.4, -0.2) is 38.4 Å². The number of ether oxygens (including phenoxy) is 2. The fourth-order valence-electron chi connectivity index (χ4n) is 2.23. The molecule has 0 fully saturated rings. The molecule has 0 bridgehead atoms. The van der Waals surface area contributed by atoms with Gasteiger partial charge in [0.05, 0.1) is 7.11 Å². The molecular weight excluding hydrogens is 324 g/mol. The van der Waals surface area contributed by atoms with Crippen LogP contribution in [0.5, 0.6) is 11.5 Å². The molecule has 0 aliphatic heterocycles. The van der Waals surface area contributed by atoms with E-state index in [0.29, 0.717) is 23.6 Å². The lowest BCUT2D eigenvalue weighted by Crippen LogP contribution is -2.14. The Bertz CT molecular complexity index is 879. The fraction of sp³-hybridized carbons (Fsp3) is 0.125. The number of aromatic nitrogens is 4. The number of amidine groups is 1. The van der Waals surface area contributed by atoms with Gasteiger partial charge in [0.2, 0.25) is 0 Å². The number of methoxy groups -OCH3 is 1. The molecule has 0 atom stereocenters. The summed E-state index contributed by atoms with van der Waals surface area (Å²) in [7, 11) is 1.61. The molecule has 128 valence electrons. The van der Waals surface area contributed by atoms with Crippen LogP contribution in [-0.2, 0) is 6.61 Å². The highest BCUT2D eigenvalue weighted by Crippen LogP contribution is 2.25. The Labute approximate surface area is 143 Å². The van der Waals surface area contributed by atoms with Crippen LogP contribution >= 0.6 is 0 Å². The van der Waals surface area contributed by atoms with Gasteiger partial charge in [-0.15, -0.1) is 5.10 Å². The van der Waals surface area contributed by atoms with Gasteiger partial charge in [0, 0.05) is 5.56 Å². The van der Waals surface area contributed by atoms with Crippen molar-refractivity contribution in [2.75, 3.05) is 7.11 Å². The molecule has 0 amide bonds. The summed E-state index contributed by atoms with van der Waals surface area (Å²) in [4.78, 5) is 0. The highest BCUT2D eigenvalue weighted by Gasteiger charge is 2.11. The van der Waals surface area contributed by atoms with E-state index in [0.717, 1.165) is 11.3 Å². The van der Waals surface area contributed by atoms with Crippen LogP contribution < -0.4 is 15.2 Å². The Hall–Kier alpha value is -3.62. The zero-order chi connectivity index (χ0) is 17.6. The predicted molar refractivity (Wildman–Crippen MR) is 89.0 cm³/mol. The average molecular weight is 340 g/mol. The van der Waals surface area contributed by atoms with E-state index >= 15 is 0 Å². The van der Waals surface area contributed by atoms with E-state index in [1.807, 2.05) is 24.3 Å². The van der Waals surface area contributed by atoms with E-state index in [-0.39, 0.29) is 5.84 Å². The minimum absolute atomic E-state index is 0.0197. The van der Waals surface area contributed by atoms with Crippen molar-refractivity contribution < 1.29 is 14.7 Å². The molecule has 0 aliphatic carbocycles. The molecule has 0 saturated carbocycles. The Kier molecular flexibility index (Phi) is 4.74. The van der Waals surface area contributed by atoms with Crippen molar-refractivity contribution in [1.29, 1.82) is 0 Å². The predicted octanol–water partition coefficient (Wildman–Crippen LogP) is 1.34. The van der Waals surface area contributed by atoms with Gasteiger partial charge in [0.1, 0.15) is 30.1 Å². The van der Waals surface area contributed by atoms with Crippen molar-refractivity contribution in [3.05, 3.63) is 59.9 Å². The molecule has 25 heavy (non-hydrogen) atoms. The number of nitrogens with two attached hydrogens (primary N) is 1. The van der Waals surface area contributed by atoms with Gasteiger partial charge in [0.25, 0.3) is 0 Å². The summed E-state index contributed by atoms with van der Waals surface area (Å²) in [5.74, 6) is 1.28. The molecule has 0 saturated heterocycles. The minimum atomic E-state index is -0.0197. The minimum Gasteiger partial charge on any atom is -0.497 e. The first kappa shape index (κ1) is 16.2. The summed E-state index contributed by atoms with van der Waals surface area (Å²) in [5, 5.41) is 23.0. The second-order valence-electron chi connectivity index (χ2n) is 5.06. The van der Waals surface area contributed by atoms with Gasteiger partial charge in [-0.25, -0.2) is 0 Å². The summed E-state index contributed by atoms with van der Waals surface area (Å²) < 4.78 is 12.5. The quantitative estimate of drug-likeness (QED) is 0.301. The van der Waals surface area contributed by atoms with E-state index < -0.39 is 0 Å². The molecule has 1 heterocycles. The highest BCUT2D eigenvalue weighted by atomic mass is 16.5. The standard InChI is InChI=1S/C16H16N6O3/c1-24-13-4-2-3-11(7-13)9-25-15-6-5-12(16(17)19-23)8-14(15)22-10-18-20-21-22/h2-8,10,23H,9H2,1H3,(H2,17,19). The Balaban J connectivity index is 1.89. The van der Waals surface area contributed by atoms with Crippen LogP contribution in [0.3, 0.4) is 0 Å². The number of benzene rings is 2. The number of oxime groups is 1. The molecule has 9 heteroatoms. The van der Waals surface area contributed by atoms with Crippen LogP contribution in [0, 0.1) is 0 Å². The molecular formula is C16H16N6O3. The zero-order valence-electron chi connectivity index (χ0n) is 13.4. The van der Waals surface area contributed by atoms with Crippen LogP contribution in [0.1, 0.15) is 11.1 Å². The molecule has 0 unspecified atom stereocenters. The van der Waals surface area contributed by atoms with Crippen molar-refractivity contribution in [3.8, 4) is 17.2 Å². The first-order chi connectivity index (χ1) is 12.2. The van der Waals surface area contributed by atoms with E-state index in [1.54, 1.807) is 25.3 Å². The second kappa shape index (κ2) is 7.30. The summed E-state index contributed by atoms with van der Waals surface area (Å²) in [5.41, 5.74) is 7.68. The van der Waals surface area contributed by atoms with E-state index in [2.05, 4.69) is 20.7 Å². The molecule has 3 aromatic rings. The van der Waals surface area contributed by atoms with Gasteiger partial charge in [-0.05, 0) is 46.3 Å². The highest BCUT2D eigenvalue weighted by molar-refractivity contribution is 5.97. The zero-order valence-corrected chi connectivity index (χ0v) is 13.4. The molecule has 9 nitrogen and oxygen atoms in total. The molecule has 3 rings (SSSR count). The number of hydrogen-bond donors (Lipinski definition) is 2. The Morgan fingerprint density at radius 1 is 1.28 bits per heavy atom. The summed E-state index contributed by atoms with van der Waals surface area (Å²) in [6.07, 6.45) is 1.43. The third-order valence-electron chi connectivity index (χ3n) is 3.49. The van der Waals surface area contributed by atoms with Crippen molar-refractivity contribution in [3.63, 3.8) is 0 Å². The third-order valence-corrected chi connectivity index (χ3v) is 3.49. The maximum Gasteiger partial charge on any atom is 0.170 e. The monoisotopic (exact) mass is 340 g/mol. The van der Waals surface area contributed by atoms with Crippen molar-refractivity contribution in [1.82, 2.24) is 20.2 Å². The first-order valence-corrected chi connectivity index (χ1v) is 7.32. The molecule has 1 aromatic heterocycles. The van der Waals surface area contributed by atoms with E-state index in [4.69, 9.17) is 20.4 Å². The number of nitrogens with zero attached hydrogens (tertiary/aromatic N) is 5. The largest absolute Gasteiger partial charge is 0.497 e.